The monoisotopic (exact) mass is 753 g/mol. The zero-order valence-corrected chi connectivity index (χ0v) is 29.1. The normalized spacial score (nSPS) is 18.7. The van der Waals surface area contributed by atoms with Crippen LogP contribution in [0.1, 0.15) is 47.9 Å². The molecule has 0 spiro atoms. The Labute approximate surface area is 296 Å². The van der Waals surface area contributed by atoms with E-state index in [0.717, 1.165) is 6.42 Å². The van der Waals surface area contributed by atoms with Crippen LogP contribution < -0.4 is 5.32 Å². The van der Waals surface area contributed by atoms with Crippen LogP contribution in [0.25, 0.3) is 0 Å². The number of benzene rings is 2. The van der Waals surface area contributed by atoms with E-state index < -0.39 is 36.0 Å². The number of amides is 2. The Balaban J connectivity index is 1.39. The number of piperazine rings is 1. The van der Waals surface area contributed by atoms with Gasteiger partial charge in [0, 0.05) is 58.2 Å². The third-order valence-corrected chi connectivity index (χ3v) is 9.37. The quantitative estimate of drug-likeness (QED) is 0.152. The number of nitrogens with zero attached hydrogens (tertiary/aromatic N) is 4. The van der Waals surface area contributed by atoms with Crippen molar-refractivity contribution < 1.29 is 45.5 Å². The first-order valence-electron chi connectivity index (χ1n) is 15.9. The zero-order chi connectivity index (χ0) is 36.6. The molecule has 4 rings (SSSR count). The van der Waals surface area contributed by atoms with Gasteiger partial charge in [-0.25, -0.2) is 0 Å². The highest BCUT2D eigenvalue weighted by atomic mass is 35.5. The average molecular weight is 755 g/mol. The van der Waals surface area contributed by atoms with E-state index in [-0.39, 0.29) is 47.7 Å². The molecule has 2 amide bonds. The first-order chi connectivity index (χ1) is 23.5. The molecule has 17 heteroatoms. The predicted octanol–water partition coefficient (Wildman–Crippen LogP) is 6.08. The molecule has 276 valence electrons. The maximum absolute atomic E-state index is 13.4. The van der Waals surface area contributed by atoms with E-state index in [2.05, 4.69) is 20.3 Å². The zero-order valence-electron chi connectivity index (χ0n) is 27.5. The van der Waals surface area contributed by atoms with E-state index in [0.29, 0.717) is 80.7 Å². The molecule has 2 heterocycles. The third kappa shape index (κ3) is 11.5. The van der Waals surface area contributed by atoms with E-state index in [1.165, 1.54) is 14.0 Å². The molecule has 1 N–H and O–H groups in total. The smallest absolute Gasteiger partial charge is 0.399 e. The van der Waals surface area contributed by atoms with Gasteiger partial charge < -0.3 is 24.7 Å². The van der Waals surface area contributed by atoms with Crippen LogP contribution in [-0.2, 0) is 38.1 Å². The highest BCUT2D eigenvalue weighted by Crippen LogP contribution is 2.37. The molecule has 9 nitrogen and oxygen atoms in total. The molecule has 0 aliphatic carbocycles. The lowest BCUT2D eigenvalue weighted by molar-refractivity contribution is -0.143. The molecule has 0 saturated carbocycles. The summed E-state index contributed by atoms with van der Waals surface area (Å²) in [6.45, 7) is 5.30. The minimum absolute atomic E-state index is 0.0196. The summed E-state index contributed by atoms with van der Waals surface area (Å²) in [5, 5.41) is 7.60. The second-order valence-corrected chi connectivity index (χ2v) is 13.1. The van der Waals surface area contributed by atoms with Gasteiger partial charge in [-0.15, -0.1) is 0 Å². The van der Waals surface area contributed by atoms with Gasteiger partial charge in [0.15, 0.2) is 0 Å². The second-order valence-electron chi connectivity index (χ2n) is 12.3. The lowest BCUT2D eigenvalue weighted by atomic mass is 9.90. The topological polar surface area (TPSA) is 86.7 Å². The summed E-state index contributed by atoms with van der Waals surface area (Å²) >= 11 is 12.5. The third-order valence-electron chi connectivity index (χ3n) is 8.63. The molecule has 0 bridgehead atoms. The molecule has 0 radical (unpaired) electrons. The molecule has 2 aliphatic rings. The minimum Gasteiger partial charge on any atom is -0.399 e. The fourth-order valence-corrected chi connectivity index (χ4v) is 6.41. The Morgan fingerprint density at radius 2 is 1.58 bits per heavy atom. The molecule has 2 atom stereocenters. The molecular formula is C33H39Cl2F6N5O4. The number of rotatable bonds is 13. The van der Waals surface area contributed by atoms with Crippen molar-refractivity contribution in [3.63, 3.8) is 0 Å². The number of likely N-dealkylation sites (tertiary alicyclic amines) is 1. The van der Waals surface area contributed by atoms with Crippen LogP contribution in [-0.4, -0.2) is 104 Å². The number of nitrogens with one attached hydrogen (secondary N) is 1. The number of alkyl halides is 6. The molecule has 2 aliphatic heterocycles. The Morgan fingerprint density at radius 1 is 0.940 bits per heavy atom. The summed E-state index contributed by atoms with van der Waals surface area (Å²) in [7, 11) is 1.32. The van der Waals surface area contributed by atoms with Crippen LogP contribution in [0.5, 0.6) is 0 Å². The first kappa shape index (κ1) is 39.7. The van der Waals surface area contributed by atoms with Crippen molar-refractivity contribution in [2.45, 2.75) is 50.7 Å². The Hall–Kier alpha value is -3.11. The van der Waals surface area contributed by atoms with E-state index in [1.807, 2.05) is 0 Å². The van der Waals surface area contributed by atoms with Gasteiger partial charge in [0.05, 0.1) is 46.6 Å². The molecule has 2 aromatic rings. The standard InChI is InChI=1S/C33H39Cl2F6N5O4/c1-21(47)42-26-5-8-46(17-26)31(48)18-45-11-9-44(10-12-45)7-6-27(23-3-4-28(34)29(35)15-23)30(43-49-2)20-50-19-22-13-24(32(36,37)38)16-25(14-22)33(39,40)41/h3-4,13-16,26-27H,5-12,17-20H2,1-2H3,(H,42,47)/b43-30+. The molecule has 50 heavy (non-hydrogen) atoms. The SMILES string of the molecule is CO/N=C(\COCc1cc(C(F)(F)F)cc(C(F)(F)F)c1)C(CCN1CCN(CC(=O)N2CCC(NC(C)=O)C2)CC1)c1ccc(Cl)c(Cl)c1. The van der Waals surface area contributed by atoms with Gasteiger partial charge >= 0.3 is 12.4 Å². The van der Waals surface area contributed by atoms with Crippen LogP contribution >= 0.6 is 23.2 Å². The maximum Gasteiger partial charge on any atom is 0.416 e. The predicted molar refractivity (Wildman–Crippen MR) is 176 cm³/mol. The van der Waals surface area contributed by atoms with Crippen molar-refractivity contribution in [3.05, 3.63) is 68.7 Å². The number of halogens is 8. The number of oxime groups is 1. The van der Waals surface area contributed by atoms with Crippen molar-refractivity contribution in [3.8, 4) is 0 Å². The van der Waals surface area contributed by atoms with Crippen molar-refractivity contribution >= 4 is 40.7 Å². The van der Waals surface area contributed by atoms with Gasteiger partial charge in [-0.2, -0.15) is 26.3 Å². The summed E-state index contributed by atoms with van der Waals surface area (Å²) in [4.78, 5) is 35.4. The van der Waals surface area contributed by atoms with Crippen molar-refractivity contribution in [2.75, 3.05) is 66.1 Å². The maximum atomic E-state index is 13.4. The number of hydrogen-bond acceptors (Lipinski definition) is 7. The first-order valence-corrected chi connectivity index (χ1v) is 16.7. The van der Waals surface area contributed by atoms with Crippen LogP contribution in [0.3, 0.4) is 0 Å². The summed E-state index contributed by atoms with van der Waals surface area (Å²) in [6, 6.07) is 6.33. The van der Waals surface area contributed by atoms with E-state index >= 15 is 0 Å². The van der Waals surface area contributed by atoms with Gasteiger partial charge in [-0.1, -0.05) is 34.4 Å². The van der Waals surface area contributed by atoms with Crippen LogP contribution in [0.15, 0.2) is 41.6 Å². The molecule has 2 unspecified atom stereocenters. The summed E-state index contributed by atoms with van der Waals surface area (Å²) in [5.74, 6) is -0.553. The van der Waals surface area contributed by atoms with Crippen molar-refractivity contribution in [1.82, 2.24) is 20.0 Å². The number of carbonyl (C=O) groups is 2. The Morgan fingerprint density at radius 3 is 2.16 bits per heavy atom. The van der Waals surface area contributed by atoms with Gasteiger partial charge in [0.25, 0.3) is 0 Å². The minimum atomic E-state index is -4.98. The highest BCUT2D eigenvalue weighted by Gasteiger charge is 2.37. The van der Waals surface area contributed by atoms with E-state index in [4.69, 9.17) is 32.8 Å². The number of carbonyl (C=O) groups excluding carboxylic acids is 2. The Kier molecular flexibility index (Phi) is 13.8. The largest absolute Gasteiger partial charge is 0.416 e. The number of ether oxygens (including phenoxy) is 1. The van der Waals surface area contributed by atoms with Crippen LogP contribution in [0.2, 0.25) is 10.0 Å². The van der Waals surface area contributed by atoms with Gasteiger partial charge in [0.2, 0.25) is 11.8 Å². The van der Waals surface area contributed by atoms with E-state index in [9.17, 15) is 35.9 Å². The van der Waals surface area contributed by atoms with E-state index in [1.54, 1.807) is 23.1 Å². The molecule has 2 aromatic carbocycles. The molecule has 2 saturated heterocycles. The summed E-state index contributed by atoms with van der Waals surface area (Å²) in [6.07, 6.45) is -8.75. The average Bonchev–Trinajstić information content (AvgIpc) is 3.50. The summed E-state index contributed by atoms with van der Waals surface area (Å²) < 4.78 is 85.9. The molecule has 2 fully saturated rings. The lowest BCUT2D eigenvalue weighted by Crippen LogP contribution is -2.50. The fraction of sp³-hybridized carbons (Fsp3) is 0.545. The van der Waals surface area contributed by atoms with Gasteiger partial charge in [-0.3, -0.25) is 14.5 Å². The molecule has 0 aromatic heterocycles. The van der Waals surface area contributed by atoms with Crippen LogP contribution in [0, 0.1) is 0 Å². The summed E-state index contributed by atoms with van der Waals surface area (Å²) in [5.41, 5.74) is -2.10. The van der Waals surface area contributed by atoms with Gasteiger partial charge in [-0.05, 0) is 60.8 Å². The van der Waals surface area contributed by atoms with Crippen molar-refractivity contribution in [1.29, 1.82) is 0 Å². The highest BCUT2D eigenvalue weighted by molar-refractivity contribution is 6.42. The van der Waals surface area contributed by atoms with Crippen LogP contribution in [0.4, 0.5) is 26.3 Å². The molecular weight excluding hydrogens is 715 g/mol. The fourth-order valence-electron chi connectivity index (χ4n) is 6.10. The second kappa shape index (κ2) is 17.4. The van der Waals surface area contributed by atoms with Gasteiger partial charge in [0.1, 0.15) is 7.11 Å². The Bertz CT molecular complexity index is 1490. The number of hydrogen-bond donors (Lipinski definition) is 1. The van der Waals surface area contributed by atoms with Crippen molar-refractivity contribution in [2.24, 2.45) is 5.16 Å². The lowest BCUT2D eigenvalue weighted by Gasteiger charge is -2.35.